The van der Waals surface area contributed by atoms with Crippen LogP contribution in [-0.4, -0.2) is 0 Å². The average molecular weight is 218 g/mol. The molecule has 1 aromatic carbocycles. The van der Waals surface area contributed by atoms with Crippen molar-refractivity contribution in [3.8, 4) is 0 Å². The van der Waals surface area contributed by atoms with E-state index in [0.717, 1.165) is 10.1 Å². The Labute approximate surface area is 83.7 Å². The number of hydrogen-bond acceptors (Lipinski definition) is 2. The zero-order chi connectivity index (χ0) is 8.72. The zero-order valence-corrected chi connectivity index (χ0v) is 8.30. The summed E-state index contributed by atoms with van der Waals surface area (Å²) in [5.74, 6) is 0. The van der Waals surface area contributed by atoms with E-state index in [1.165, 1.54) is 11.3 Å². The molecule has 0 unspecified atom stereocenters. The van der Waals surface area contributed by atoms with E-state index < -0.39 is 0 Å². The monoisotopic (exact) mass is 217 g/mol. The molecule has 1 heterocycles. The first-order valence-electron chi connectivity index (χ1n) is 3.32. The van der Waals surface area contributed by atoms with Crippen molar-refractivity contribution in [2.75, 3.05) is 5.73 Å². The largest absolute Gasteiger partial charge is 0.389 e. The highest BCUT2D eigenvalue weighted by Crippen LogP contribution is 2.40. The maximum absolute atomic E-state index is 5.95. The topological polar surface area (TPSA) is 26.0 Å². The van der Waals surface area contributed by atoms with Crippen molar-refractivity contribution in [2.24, 2.45) is 0 Å². The molecule has 0 aliphatic rings. The van der Waals surface area contributed by atoms with Crippen LogP contribution < -0.4 is 5.73 Å². The zero-order valence-electron chi connectivity index (χ0n) is 5.97. The van der Waals surface area contributed by atoms with Crippen LogP contribution in [0.1, 0.15) is 0 Å². The maximum atomic E-state index is 5.95. The lowest BCUT2D eigenvalue weighted by Crippen LogP contribution is -1.76. The standard InChI is InChI=1S/C8H5Cl2NS/c9-4-2-1-3-5-6(4)7(10)8(11)12-5/h1-3H,11H2. The molecule has 0 fully saturated rings. The molecule has 0 radical (unpaired) electrons. The number of thiophene rings is 1. The van der Waals surface area contributed by atoms with Crippen LogP contribution >= 0.6 is 34.5 Å². The van der Waals surface area contributed by atoms with Crippen LogP contribution in [0.4, 0.5) is 5.00 Å². The fourth-order valence-electron chi connectivity index (χ4n) is 1.09. The maximum Gasteiger partial charge on any atom is 0.106 e. The van der Waals surface area contributed by atoms with E-state index in [1.54, 1.807) is 0 Å². The van der Waals surface area contributed by atoms with Gasteiger partial charge in [-0.3, -0.25) is 0 Å². The lowest BCUT2D eigenvalue weighted by Gasteiger charge is -1.92. The summed E-state index contributed by atoms with van der Waals surface area (Å²) < 4.78 is 1.03. The van der Waals surface area contributed by atoms with E-state index in [4.69, 9.17) is 28.9 Å². The molecule has 4 heteroatoms. The van der Waals surface area contributed by atoms with Crippen molar-refractivity contribution in [3.63, 3.8) is 0 Å². The Bertz CT molecular complexity index is 436. The van der Waals surface area contributed by atoms with Gasteiger partial charge in [-0.25, -0.2) is 0 Å². The number of nitrogen functional groups attached to an aromatic ring is 1. The first-order valence-corrected chi connectivity index (χ1v) is 4.89. The summed E-state index contributed by atoms with van der Waals surface area (Å²) in [6.07, 6.45) is 0. The van der Waals surface area contributed by atoms with E-state index >= 15 is 0 Å². The van der Waals surface area contributed by atoms with Crippen LogP contribution in [0.3, 0.4) is 0 Å². The van der Waals surface area contributed by atoms with E-state index in [0.29, 0.717) is 15.0 Å². The van der Waals surface area contributed by atoms with Crippen molar-refractivity contribution in [1.82, 2.24) is 0 Å². The summed E-state index contributed by atoms with van der Waals surface area (Å²) in [6.45, 7) is 0. The Hall–Kier alpha value is -0.440. The fourth-order valence-corrected chi connectivity index (χ4v) is 2.73. The minimum Gasteiger partial charge on any atom is -0.389 e. The van der Waals surface area contributed by atoms with Gasteiger partial charge in [0.2, 0.25) is 0 Å². The quantitative estimate of drug-likeness (QED) is 0.715. The second-order valence-electron chi connectivity index (χ2n) is 2.39. The highest BCUT2D eigenvalue weighted by Gasteiger charge is 2.09. The highest BCUT2D eigenvalue weighted by atomic mass is 35.5. The van der Waals surface area contributed by atoms with Crippen molar-refractivity contribution >= 4 is 49.6 Å². The van der Waals surface area contributed by atoms with Crippen LogP contribution in [0.25, 0.3) is 10.1 Å². The van der Waals surface area contributed by atoms with Crippen LogP contribution in [0.5, 0.6) is 0 Å². The second-order valence-corrected chi connectivity index (χ2v) is 4.26. The molecule has 0 atom stereocenters. The van der Waals surface area contributed by atoms with Gasteiger partial charge in [0.1, 0.15) is 5.00 Å². The van der Waals surface area contributed by atoms with Crippen LogP contribution in [-0.2, 0) is 0 Å². The molecule has 2 N–H and O–H groups in total. The summed E-state index contributed by atoms with van der Waals surface area (Å²) in [5, 5.41) is 2.72. The van der Waals surface area contributed by atoms with Crippen molar-refractivity contribution in [1.29, 1.82) is 0 Å². The van der Waals surface area contributed by atoms with E-state index in [1.807, 2.05) is 18.2 Å². The van der Waals surface area contributed by atoms with E-state index in [2.05, 4.69) is 0 Å². The van der Waals surface area contributed by atoms with Crippen LogP contribution in [0, 0.1) is 0 Å². The number of anilines is 1. The number of rotatable bonds is 0. The third-order valence-corrected chi connectivity index (χ3v) is 3.43. The highest BCUT2D eigenvalue weighted by molar-refractivity contribution is 7.23. The van der Waals surface area contributed by atoms with Crippen molar-refractivity contribution in [3.05, 3.63) is 28.2 Å². The molecule has 62 valence electrons. The van der Waals surface area contributed by atoms with E-state index in [-0.39, 0.29) is 0 Å². The lowest BCUT2D eigenvalue weighted by atomic mass is 10.2. The molecular weight excluding hydrogens is 213 g/mol. The van der Waals surface area contributed by atoms with Gasteiger partial charge in [0, 0.05) is 10.1 Å². The Kier molecular flexibility index (Phi) is 1.91. The molecule has 0 spiro atoms. The number of fused-ring (bicyclic) bond motifs is 1. The van der Waals surface area contributed by atoms with Gasteiger partial charge >= 0.3 is 0 Å². The number of nitrogens with two attached hydrogens (primary N) is 1. The van der Waals surface area contributed by atoms with Gasteiger partial charge in [-0.2, -0.15) is 0 Å². The third-order valence-electron chi connectivity index (χ3n) is 1.63. The van der Waals surface area contributed by atoms with Crippen LogP contribution in [0.15, 0.2) is 18.2 Å². The molecule has 0 amide bonds. The molecule has 1 aromatic heterocycles. The SMILES string of the molecule is Nc1sc2cccc(Cl)c2c1Cl. The van der Waals surface area contributed by atoms with Gasteiger partial charge in [-0.1, -0.05) is 29.3 Å². The smallest absolute Gasteiger partial charge is 0.106 e. The van der Waals surface area contributed by atoms with Crippen molar-refractivity contribution in [2.45, 2.75) is 0 Å². The molecule has 1 nitrogen and oxygen atoms in total. The van der Waals surface area contributed by atoms with Gasteiger partial charge in [-0.05, 0) is 12.1 Å². The minimum absolute atomic E-state index is 0.570. The molecular formula is C8H5Cl2NS. The molecule has 2 aromatic rings. The molecule has 0 saturated carbocycles. The summed E-state index contributed by atoms with van der Waals surface area (Å²) in [5.41, 5.74) is 5.65. The fraction of sp³-hybridized carbons (Fsp3) is 0. The first kappa shape index (κ1) is 8.17. The van der Waals surface area contributed by atoms with Gasteiger partial charge in [0.25, 0.3) is 0 Å². The molecule has 0 bridgehead atoms. The second kappa shape index (κ2) is 2.80. The number of hydrogen-bond donors (Lipinski definition) is 1. The molecule has 0 aliphatic carbocycles. The minimum atomic E-state index is 0.570. The Morgan fingerprint density at radius 2 is 2.00 bits per heavy atom. The first-order chi connectivity index (χ1) is 5.70. The summed E-state index contributed by atoms with van der Waals surface area (Å²) >= 11 is 13.3. The van der Waals surface area contributed by atoms with Gasteiger partial charge in [0.15, 0.2) is 0 Å². The van der Waals surface area contributed by atoms with Crippen molar-refractivity contribution < 1.29 is 0 Å². The van der Waals surface area contributed by atoms with Crippen LogP contribution in [0.2, 0.25) is 10.0 Å². The third kappa shape index (κ3) is 1.07. The average Bonchev–Trinajstić information content (AvgIpc) is 2.29. The van der Waals surface area contributed by atoms with E-state index in [9.17, 15) is 0 Å². The van der Waals surface area contributed by atoms with Gasteiger partial charge in [-0.15, -0.1) is 11.3 Å². The normalized spacial score (nSPS) is 10.8. The summed E-state index contributed by atoms with van der Waals surface area (Å²) in [4.78, 5) is 0. The lowest BCUT2D eigenvalue weighted by molar-refractivity contribution is 1.84. The molecule has 2 rings (SSSR count). The Morgan fingerprint density at radius 1 is 1.25 bits per heavy atom. The Morgan fingerprint density at radius 3 is 2.67 bits per heavy atom. The number of halogens is 2. The Balaban J connectivity index is 2.97. The van der Waals surface area contributed by atoms with Gasteiger partial charge < -0.3 is 5.73 Å². The van der Waals surface area contributed by atoms with Gasteiger partial charge in [0.05, 0.1) is 10.0 Å². The summed E-state index contributed by atoms with van der Waals surface area (Å²) in [7, 11) is 0. The summed E-state index contributed by atoms with van der Waals surface area (Å²) in [6, 6.07) is 5.65. The molecule has 0 aliphatic heterocycles. The predicted molar refractivity (Wildman–Crippen MR) is 56.3 cm³/mol. The molecule has 0 saturated heterocycles. The molecule has 12 heavy (non-hydrogen) atoms. The number of benzene rings is 1. The predicted octanol–water partition coefficient (Wildman–Crippen LogP) is 3.79.